The average molecular weight is 431 g/mol. The van der Waals surface area contributed by atoms with E-state index >= 15 is 0 Å². The fourth-order valence-corrected chi connectivity index (χ4v) is 3.94. The molecule has 2 aromatic rings. The lowest BCUT2D eigenvalue weighted by molar-refractivity contribution is -0.116. The van der Waals surface area contributed by atoms with Crippen LogP contribution in [0.2, 0.25) is 10.0 Å². The molecule has 0 unspecified atom stereocenters. The van der Waals surface area contributed by atoms with E-state index in [-0.39, 0.29) is 10.7 Å². The summed E-state index contributed by atoms with van der Waals surface area (Å²) in [5, 5.41) is 3.19. The Labute approximate surface area is 169 Å². The van der Waals surface area contributed by atoms with E-state index in [9.17, 15) is 13.2 Å². The van der Waals surface area contributed by atoms with Gasteiger partial charge in [-0.25, -0.2) is 8.42 Å². The first-order valence-corrected chi connectivity index (χ1v) is 10.7. The van der Waals surface area contributed by atoms with Crippen molar-refractivity contribution in [2.75, 3.05) is 22.5 Å². The molecule has 0 aliphatic rings. The van der Waals surface area contributed by atoms with Gasteiger partial charge in [0.05, 0.1) is 28.6 Å². The van der Waals surface area contributed by atoms with E-state index in [0.717, 1.165) is 10.6 Å². The number of halogens is 2. The summed E-state index contributed by atoms with van der Waals surface area (Å²) in [6.45, 7) is 3.91. The van der Waals surface area contributed by atoms with E-state index in [1.807, 2.05) is 6.92 Å². The number of hydrogen-bond acceptors (Lipinski definition) is 4. The van der Waals surface area contributed by atoms with Gasteiger partial charge in [0.15, 0.2) is 0 Å². The number of sulfonamides is 1. The van der Waals surface area contributed by atoms with Crippen molar-refractivity contribution in [3.63, 3.8) is 0 Å². The summed E-state index contributed by atoms with van der Waals surface area (Å²) in [6, 6.07) is 10.2. The Bertz CT molecular complexity index is 917. The first-order chi connectivity index (χ1) is 12.6. The molecule has 0 bridgehead atoms. The normalized spacial score (nSPS) is 12.3. The molecule has 0 spiro atoms. The highest BCUT2D eigenvalue weighted by molar-refractivity contribution is 7.92. The largest absolute Gasteiger partial charge is 0.494 e. The predicted octanol–water partition coefficient (Wildman–Crippen LogP) is 4.19. The number of nitrogens with one attached hydrogen (secondary N) is 1. The van der Waals surface area contributed by atoms with Crippen LogP contribution in [-0.2, 0) is 14.8 Å². The van der Waals surface area contributed by atoms with Gasteiger partial charge in [-0.1, -0.05) is 23.2 Å². The van der Waals surface area contributed by atoms with Crippen LogP contribution in [0.5, 0.6) is 5.75 Å². The quantitative estimate of drug-likeness (QED) is 0.714. The molecule has 1 N–H and O–H groups in total. The number of carbonyl (C=O) groups excluding carboxylic acids is 1. The molecular weight excluding hydrogens is 411 g/mol. The molecule has 2 aromatic carbocycles. The Hall–Kier alpha value is -1.96. The molecule has 1 amide bonds. The fourth-order valence-electron chi connectivity index (χ4n) is 2.48. The fraction of sp³-hybridized carbons (Fsp3) is 0.278. The number of nitrogens with zero attached hydrogens (tertiary/aromatic N) is 1. The van der Waals surface area contributed by atoms with Crippen molar-refractivity contribution >= 4 is 50.5 Å². The van der Waals surface area contributed by atoms with Crippen LogP contribution in [0.15, 0.2) is 42.5 Å². The lowest BCUT2D eigenvalue weighted by Crippen LogP contribution is -2.45. The Morgan fingerprint density at radius 1 is 1.15 bits per heavy atom. The van der Waals surface area contributed by atoms with E-state index < -0.39 is 22.0 Å². The third-order valence-corrected chi connectivity index (χ3v) is 5.66. The van der Waals surface area contributed by atoms with Crippen LogP contribution in [0.4, 0.5) is 11.4 Å². The van der Waals surface area contributed by atoms with Gasteiger partial charge in [-0.3, -0.25) is 9.10 Å². The predicted molar refractivity (Wildman–Crippen MR) is 109 cm³/mol. The second-order valence-electron chi connectivity index (χ2n) is 5.78. The summed E-state index contributed by atoms with van der Waals surface area (Å²) in [5.74, 6) is 0.188. The number of carbonyl (C=O) groups is 1. The SMILES string of the molecule is CCOc1ccc(NC(=O)[C@H](C)N(c2ccc(Cl)c(Cl)c2)S(C)(=O)=O)cc1. The summed E-state index contributed by atoms with van der Waals surface area (Å²) in [6.07, 6.45) is 1.02. The molecule has 27 heavy (non-hydrogen) atoms. The minimum absolute atomic E-state index is 0.196. The lowest BCUT2D eigenvalue weighted by atomic mass is 10.2. The molecular formula is C18H20Cl2N2O4S. The molecule has 9 heteroatoms. The van der Waals surface area contributed by atoms with Crippen molar-refractivity contribution in [1.82, 2.24) is 0 Å². The summed E-state index contributed by atoms with van der Waals surface area (Å²) in [7, 11) is -3.75. The number of ether oxygens (including phenoxy) is 1. The molecule has 1 atom stereocenters. The number of rotatable bonds is 7. The second kappa shape index (κ2) is 8.82. The molecule has 146 valence electrons. The molecule has 0 aliphatic heterocycles. The first-order valence-electron chi connectivity index (χ1n) is 8.11. The third kappa shape index (κ3) is 5.51. The van der Waals surface area contributed by atoms with Gasteiger partial charge in [0, 0.05) is 5.69 Å². The highest BCUT2D eigenvalue weighted by Gasteiger charge is 2.29. The molecule has 2 rings (SSSR count). The van der Waals surface area contributed by atoms with E-state index in [2.05, 4.69) is 5.32 Å². The third-order valence-electron chi connectivity index (χ3n) is 3.68. The number of hydrogen-bond donors (Lipinski definition) is 1. The molecule has 6 nitrogen and oxygen atoms in total. The van der Waals surface area contributed by atoms with Crippen LogP contribution >= 0.6 is 23.2 Å². The first kappa shape index (κ1) is 21.3. The number of amides is 1. The molecule has 0 aliphatic carbocycles. The summed E-state index contributed by atoms with van der Waals surface area (Å²) >= 11 is 11.9. The van der Waals surface area contributed by atoms with Crippen LogP contribution in [0, 0.1) is 0 Å². The van der Waals surface area contributed by atoms with Crippen LogP contribution in [0.1, 0.15) is 13.8 Å². The van der Waals surface area contributed by atoms with Gasteiger partial charge in [0.25, 0.3) is 0 Å². The Morgan fingerprint density at radius 2 is 1.78 bits per heavy atom. The molecule has 0 heterocycles. The van der Waals surface area contributed by atoms with Gasteiger partial charge < -0.3 is 10.1 Å². The lowest BCUT2D eigenvalue weighted by Gasteiger charge is -2.28. The molecule has 0 saturated carbocycles. The van der Waals surface area contributed by atoms with Crippen LogP contribution in [0.25, 0.3) is 0 Å². The summed E-state index contributed by atoms with van der Waals surface area (Å²) < 4.78 is 30.9. The zero-order valence-corrected chi connectivity index (χ0v) is 17.4. The van der Waals surface area contributed by atoms with Crippen LogP contribution in [0.3, 0.4) is 0 Å². The van der Waals surface area contributed by atoms with Crippen molar-refractivity contribution in [2.24, 2.45) is 0 Å². The zero-order valence-electron chi connectivity index (χ0n) is 15.1. The van der Waals surface area contributed by atoms with Crippen LogP contribution < -0.4 is 14.4 Å². The second-order valence-corrected chi connectivity index (χ2v) is 8.45. The Morgan fingerprint density at radius 3 is 2.30 bits per heavy atom. The average Bonchev–Trinajstić information content (AvgIpc) is 2.59. The van der Waals surface area contributed by atoms with Gasteiger partial charge in [-0.2, -0.15) is 0 Å². The smallest absolute Gasteiger partial charge is 0.247 e. The van der Waals surface area contributed by atoms with Gasteiger partial charge in [0.2, 0.25) is 15.9 Å². The topological polar surface area (TPSA) is 75.7 Å². The van der Waals surface area contributed by atoms with Gasteiger partial charge in [-0.05, 0) is 56.3 Å². The van der Waals surface area contributed by atoms with Crippen LogP contribution in [-0.4, -0.2) is 33.2 Å². The minimum Gasteiger partial charge on any atom is -0.494 e. The molecule has 0 radical (unpaired) electrons. The molecule has 0 fully saturated rings. The van der Waals surface area contributed by atoms with E-state index in [1.165, 1.54) is 25.1 Å². The maximum atomic E-state index is 12.6. The van der Waals surface area contributed by atoms with E-state index in [4.69, 9.17) is 27.9 Å². The van der Waals surface area contributed by atoms with E-state index in [1.54, 1.807) is 24.3 Å². The van der Waals surface area contributed by atoms with Crippen molar-refractivity contribution in [1.29, 1.82) is 0 Å². The molecule has 0 saturated heterocycles. The number of anilines is 2. The highest BCUT2D eigenvalue weighted by atomic mass is 35.5. The Balaban J connectivity index is 2.25. The maximum absolute atomic E-state index is 12.6. The number of benzene rings is 2. The van der Waals surface area contributed by atoms with Gasteiger partial charge in [-0.15, -0.1) is 0 Å². The van der Waals surface area contributed by atoms with Crippen molar-refractivity contribution in [3.05, 3.63) is 52.5 Å². The minimum atomic E-state index is -3.75. The van der Waals surface area contributed by atoms with Gasteiger partial charge >= 0.3 is 0 Å². The summed E-state index contributed by atoms with van der Waals surface area (Å²) in [5.41, 5.74) is 0.777. The standard InChI is InChI=1S/C18H20Cl2N2O4S/c1-4-26-15-8-5-13(6-9-15)21-18(23)12(2)22(27(3,24)25)14-7-10-16(19)17(20)11-14/h5-12H,4H2,1-3H3,(H,21,23)/t12-/m0/s1. The van der Waals surface area contributed by atoms with Crippen molar-refractivity contribution < 1.29 is 17.9 Å². The van der Waals surface area contributed by atoms with Crippen molar-refractivity contribution in [3.8, 4) is 5.75 Å². The van der Waals surface area contributed by atoms with E-state index in [0.29, 0.717) is 23.1 Å². The summed E-state index contributed by atoms with van der Waals surface area (Å²) in [4.78, 5) is 12.6. The zero-order chi connectivity index (χ0) is 20.2. The highest BCUT2D eigenvalue weighted by Crippen LogP contribution is 2.30. The molecule has 0 aromatic heterocycles. The maximum Gasteiger partial charge on any atom is 0.247 e. The monoisotopic (exact) mass is 430 g/mol. The Kier molecular flexibility index (Phi) is 6.97. The van der Waals surface area contributed by atoms with Gasteiger partial charge in [0.1, 0.15) is 11.8 Å². The van der Waals surface area contributed by atoms with Crippen molar-refractivity contribution in [2.45, 2.75) is 19.9 Å².